The van der Waals surface area contributed by atoms with Crippen molar-refractivity contribution in [3.05, 3.63) is 12.2 Å². The molecule has 3 N–H and O–H groups in total. The fourth-order valence-corrected chi connectivity index (χ4v) is 6.77. The number of hydrogen-bond donors (Lipinski definition) is 3. The van der Waals surface area contributed by atoms with Gasteiger partial charge in [-0.25, -0.2) is 0 Å². The van der Waals surface area contributed by atoms with Crippen molar-refractivity contribution in [2.45, 2.75) is 219 Å². The highest BCUT2D eigenvalue weighted by atomic mass is 32.2. The van der Waals surface area contributed by atoms with Crippen molar-refractivity contribution in [2.24, 2.45) is 0 Å². The second-order valence-electron chi connectivity index (χ2n) is 13.6. The summed E-state index contributed by atoms with van der Waals surface area (Å²) in [5.74, 6) is -0.970. The molecule has 0 radical (unpaired) electrons. The van der Waals surface area contributed by atoms with Crippen molar-refractivity contribution in [2.75, 3.05) is 5.75 Å². The van der Waals surface area contributed by atoms with Crippen LogP contribution < -0.4 is 5.32 Å². The van der Waals surface area contributed by atoms with Crippen molar-refractivity contribution < 1.29 is 22.9 Å². The molecule has 0 spiro atoms. The van der Waals surface area contributed by atoms with Gasteiger partial charge in [0.2, 0.25) is 5.91 Å². The molecule has 1 amide bonds. The number of amides is 1. The first-order valence-electron chi connectivity index (χ1n) is 19.4. The average molecular weight is 658 g/mol. The van der Waals surface area contributed by atoms with Crippen molar-refractivity contribution in [3.8, 4) is 0 Å². The number of carbonyl (C=O) groups is 1. The fraction of sp³-hybridized carbons (Fsp3) is 0.921. The standard InChI is InChI=1S/C38H75NO5S/c1-3-5-7-9-11-13-15-16-17-18-19-20-21-22-23-24-26-28-30-32-34-38(41)39-36(35-45(42,43)44)37(40)33-31-29-27-25-14-12-10-8-6-4-2/h31,33,36-37,40H,3-30,32,34-35H2,1-2H3,(H,39,41)(H,42,43,44)/b33-31+. The molecule has 7 heteroatoms. The summed E-state index contributed by atoms with van der Waals surface area (Å²) in [6.45, 7) is 4.50. The maximum Gasteiger partial charge on any atom is 0.267 e. The van der Waals surface area contributed by atoms with Crippen LogP contribution in [0.1, 0.15) is 206 Å². The van der Waals surface area contributed by atoms with Gasteiger partial charge in [0.1, 0.15) is 0 Å². The maximum absolute atomic E-state index is 12.5. The minimum absolute atomic E-state index is 0.276. The third-order valence-corrected chi connectivity index (χ3v) is 9.74. The monoisotopic (exact) mass is 658 g/mol. The molecule has 0 aliphatic heterocycles. The molecule has 0 bridgehead atoms. The molecule has 0 aromatic carbocycles. The van der Waals surface area contributed by atoms with Crippen molar-refractivity contribution in [3.63, 3.8) is 0 Å². The lowest BCUT2D eigenvalue weighted by atomic mass is 10.0. The van der Waals surface area contributed by atoms with E-state index in [0.29, 0.717) is 6.42 Å². The Balaban J connectivity index is 3.82. The van der Waals surface area contributed by atoms with Crippen LogP contribution in [0.4, 0.5) is 0 Å². The highest BCUT2D eigenvalue weighted by Crippen LogP contribution is 2.15. The molecule has 0 saturated carbocycles. The van der Waals surface area contributed by atoms with E-state index in [9.17, 15) is 22.9 Å². The summed E-state index contributed by atoms with van der Waals surface area (Å²) in [5.41, 5.74) is 0. The molecule has 0 aliphatic rings. The predicted molar refractivity (Wildman–Crippen MR) is 193 cm³/mol. The van der Waals surface area contributed by atoms with Crippen LogP contribution in [-0.4, -0.2) is 41.9 Å². The smallest absolute Gasteiger partial charge is 0.267 e. The van der Waals surface area contributed by atoms with E-state index in [0.717, 1.165) is 38.5 Å². The Morgan fingerprint density at radius 2 is 0.911 bits per heavy atom. The van der Waals surface area contributed by atoms with Gasteiger partial charge in [0.15, 0.2) is 0 Å². The van der Waals surface area contributed by atoms with Gasteiger partial charge >= 0.3 is 0 Å². The Hall–Kier alpha value is -0.920. The lowest BCUT2D eigenvalue weighted by Crippen LogP contribution is -2.46. The maximum atomic E-state index is 12.5. The highest BCUT2D eigenvalue weighted by Gasteiger charge is 2.24. The molecule has 2 atom stereocenters. The van der Waals surface area contributed by atoms with Crippen molar-refractivity contribution in [1.29, 1.82) is 0 Å². The lowest BCUT2D eigenvalue weighted by molar-refractivity contribution is -0.122. The van der Waals surface area contributed by atoms with Crippen LogP contribution in [0.15, 0.2) is 12.2 Å². The van der Waals surface area contributed by atoms with Crippen molar-refractivity contribution in [1.82, 2.24) is 5.32 Å². The lowest BCUT2D eigenvalue weighted by Gasteiger charge is -2.21. The minimum atomic E-state index is -4.33. The second-order valence-corrected chi connectivity index (χ2v) is 15.1. The van der Waals surface area contributed by atoms with Gasteiger partial charge in [0, 0.05) is 6.42 Å². The van der Waals surface area contributed by atoms with Gasteiger partial charge < -0.3 is 10.4 Å². The minimum Gasteiger partial charge on any atom is -0.387 e. The number of hydrogen-bond acceptors (Lipinski definition) is 4. The van der Waals surface area contributed by atoms with E-state index in [-0.39, 0.29) is 5.91 Å². The van der Waals surface area contributed by atoms with Gasteiger partial charge in [-0.3, -0.25) is 9.35 Å². The average Bonchev–Trinajstić information content (AvgIpc) is 3.00. The van der Waals surface area contributed by atoms with Crippen LogP contribution in [0.2, 0.25) is 0 Å². The quantitative estimate of drug-likeness (QED) is 0.0357. The summed E-state index contributed by atoms with van der Waals surface area (Å²) in [7, 11) is -4.33. The zero-order valence-corrected chi connectivity index (χ0v) is 30.6. The molecule has 0 saturated heterocycles. The highest BCUT2D eigenvalue weighted by molar-refractivity contribution is 7.85. The Bertz CT molecular complexity index is 770. The zero-order chi connectivity index (χ0) is 33.3. The molecule has 0 heterocycles. The van der Waals surface area contributed by atoms with E-state index in [2.05, 4.69) is 19.2 Å². The largest absolute Gasteiger partial charge is 0.387 e. The molecule has 0 aromatic rings. The van der Waals surface area contributed by atoms with Crippen LogP contribution in [0.25, 0.3) is 0 Å². The second kappa shape index (κ2) is 33.0. The Morgan fingerprint density at radius 3 is 1.27 bits per heavy atom. The van der Waals surface area contributed by atoms with E-state index in [1.165, 1.54) is 148 Å². The number of allylic oxidation sites excluding steroid dienone is 1. The molecular weight excluding hydrogens is 582 g/mol. The van der Waals surface area contributed by atoms with Crippen LogP contribution >= 0.6 is 0 Å². The summed E-state index contributed by atoms with van der Waals surface area (Å²) in [5, 5.41) is 13.1. The molecule has 0 aromatic heterocycles. The van der Waals surface area contributed by atoms with Gasteiger partial charge in [-0.1, -0.05) is 193 Å². The van der Waals surface area contributed by atoms with Gasteiger partial charge in [-0.05, 0) is 19.3 Å². The topological polar surface area (TPSA) is 104 Å². The van der Waals surface area contributed by atoms with E-state index in [4.69, 9.17) is 0 Å². The summed E-state index contributed by atoms with van der Waals surface area (Å²) in [4.78, 5) is 12.5. The summed E-state index contributed by atoms with van der Waals surface area (Å²) >= 11 is 0. The molecule has 45 heavy (non-hydrogen) atoms. The van der Waals surface area contributed by atoms with E-state index < -0.39 is 28.0 Å². The van der Waals surface area contributed by atoms with Crippen molar-refractivity contribution >= 4 is 16.0 Å². The Morgan fingerprint density at radius 1 is 0.578 bits per heavy atom. The normalized spacial score (nSPS) is 13.4. The Labute approximate surface area is 280 Å². The number of nitrogens with one attached hydrogen (secondary N) is 1. The van der Waals surface area contributed by atoms with E-state index in [1.54, 1.807) is 6.08 Å². The first-order valence-corrected chi connectivity index (χ1v) is 21.0. The number of aliphatic hydroxyl groups excluding tert-OH is 1. The van der Waals surface area contributed by atoms with Gasteiger partial charge in [0.05, 0.1) is 17.9 Å². The van der Waals surface area contributed by atoms with E-state index in [1.807, 2.05) is 6.08 Å². The van der Waals surface area contributed by atoms with Gasteiger partial charge in [0.25, 0.3) is 10.1 Å². The molecular formula is C38H75NO5S. The SMILES string of the molecule is CCCCCCCCCC/C=C/C(O)C(CS(=O)(=O)O)NC(=O)CCCCCCCCCCCCCCCCCCCCCC. The summed E-state index contributed by atoms with van der Waals surface area (Å²) in [6, 6.07) is -1.05. The van der Waals surface area contributed by atoms with Crippen LogP contribution in [0.5, 0.6) is 0 Å². The fourth-order valence-electron chi connectivity index (χ4n) is 6.04. The third-order valence-electron chi connectivity index (χ3n) is 8.96. The van der Waals surface area contributed by atoms with Gasteiger partial charge in [-0.2, -0.15) is 8.42 Å². The van der Waals surface area contributed by atoms with Crippen LogP contribution in [0, 0.1) is 0 Å². The first-order chi connectivity index (χ1) is 21.8. The molecule has 2 unspecified atom stereocenters. The predicted octanol–water partition coefficient (Wildman–Crippen LogP) is 11.0. The molecule has 6 nitrogen and oxygen atoms in total. The zero-order valence-electron chi connectivity index (χ0n) is 29.8. The number of unbranched alkanes of at least 4 members (excludes halogenated alkanes) is 27. The molecule has 268 valence electrons. The van der Waals surface area contributed by atoms with Crippen LogP contribution in [-0.2, 0) is 14.9 Å². The number of aliphatic hydroxyl groups is 1. The van der Waals surface area contributed by atoms with Gasteiger partial charge in [-0.15, -0.1) is 0 Å². The molecule has 0 aliphatic carbocycles. The third kappa shape index (κ3) is 34.2. The Kier molecular flexibility index (Phi) is 32.3. The van der Waals surface area contributed by atoms with E-state index >= 15 is 0 Å². The number of rotatable bonds is 35. The summed E-state index contributed by atoms with van der Waals surface area (Å²) in [6.07, 6.45) is 39.2. The first kappa shape index (κ1) is 44.1. The summed E-state index contributed by atoms with van der Waals surface area (Å²) < 4.78 is 32.3. The van der Waals surface area contributed by atoms with Crippen LogP contribution in [0.3, 0.4) is 0 Å². The molecule has 0 fully saturated rings. The molecule has 0 rings (SSSR count). The number of carbonyl (C=O) groups excluding carboxylic acids is 1.